The van der Waals surface area contributed by atoms with Crippen LogP contribution in [0.15, 0.2) is 71.8 Å². The van der Waals surface area contributed by atoms with Gasteiger partial charge in [-0.25, -0.2) is 0 Å². The van der Waals surface area contributed by atoms with Gasteiger partial charge in [-0.05, 0) is 67.5 Å². The molecule has 0 N–H and O–H groups in total. The van der Waals surface area contributed by atoms with Crippen LogP contribution in [0.25, 0.3) is 0 Å². The average Bonchev–Trinajstić information content (AvgIpc) is 3.26. The molecule has 4 atom stereocenters. The van der Waals surface area contributed by atoms with Gasteiger partial charge in [0.05, 0.1) is 25.6 Å². The number of ether oxygens (including phenoxy) is 3. The van der Waals surface area contributed by atoms with Crippen molar-refractivity contribution in [1.82, 2.24) is 0 Å². The van der Waals surface area contributed by atoms with Crippen LogP contribution < -0.4 is 9.47 Å². The Kier molecular flexibility index (Phi) is 7.01. The molecule has 0 spiro atoms. The fourth-order valence-corrected chi connectivity index (χ4v) is 7.05. The molecular weight excluding hydrogens is 476 g/mol. The van der Waals surface area contributed by atoms with Crippen molar-refractivity contribution in [1.29, 1.82) is 0 Å². The number of thioether (sulfide) groups is 1. The van der Waals surface area contributed by atoms with Crippen LogP contribution in [0.3, 0.4) is 0 Å². The molecule has 2 aromatic carbocycles. The number of benzene rings is 2. The molecule has 2 heterocycles. The number of carbonyl (C=O) groups excluding carboxylic acids is 1. The molecule has 35 heavy (non-hydrogen) atoms. The van der Waals surface area contributed by atoms with Crippen molar-refractivity contribution >= 4 is 25.9 Å². The first-order valence-electron chi connectivity index (χ1n) is 12.0. The molecule has 0 aromatic heterocycles. The maximum atomic E-state index is 14.2. The molecule has 0 unspecified atom stereocenters. The monoisotopic (exact) mass is 512 g/mol. The molecule has 0 saturated carbocycles. The van der Waals surface area contributed by atoms with Gasteiger partial charge in [-0.2, -0.15) is 0 Å². The van der Waals surface area contributed by atoms with Crippen molar-refractivity contribution in [2.75, 3.05) is 7.11 Å². The molecule has 5 nitrogen and oxygen atoms in total. The summed E-state index contributed by atoms with van der Waals surface area (Å²) in [6.07, 6.45) is 3.42. The van der Waals surface area contributed by atoms with Crippen LogP contribution in [0.2, 0.25) is 18.1 Å². The number of Topliss-reactive ketones (excluding diaryl/α,β-unsaturated/α-hetero) is 1. The van der Waals surface area contributed by atoms with Crippen LogP contribution in [-0.2, 0) is 14.0 Å². The number of hydrogen-bond acceptors (Lipinski definition) is 6. The average molecular weight is 513 g/mol. The molecule has 2 aliphatic heterocycles. The summed E-state index contributed by atoms with van der Waals surface area (Å²) >= 11 is 1.58. The second kappa shape index (κ2) is 9.43. The quantitative estimate of drug-likeness (QED) is 0.292. The Bertz CT molecular complexity index is 1080. The third-order valence-corrected chi connectivity index (χ3v) is 13.4. The van der Waals surface area contributed by atoms with Crippen LogP contribution in [0.5, 0.6) is 11.5 Å². The number of methoxy groups -OCH3 is 1. The van der Waals surface area contributed by atoms with E-state index in [1.807, 2.05) is 61.5 Å². The van der Waals surface area contributed by atoms with Gasteiger partial charge in [0.1, 0.15) is 16.2 Å². The highest BCUT2D eigenvalue weighted by Crippen LogP contribution is 2.57. The Balaban J connectivity index is 1.63. The normalized spacial score (nSPS) is 28.6. The molecular formula is C28H36O5SSi. The fraction of sp³-hybridized carbons (Fsp3) is 0.464. The highest BCUT2D eigenvalue weighted by Gasteiger charge is 2.70. The minimum Gasteiger partial charge on any atom is -0.497 e. The zero-order valence-corrected chi connectivity index (χ0v) is 23.5. The van der Waals surface area contributed by atoms with E-state index < -0.39 is 18.7 Å². The number of rotatable bonds is 8. The van der Waals surface area contributed by atoms with Crippen molar-refractivity contribution in [3.05, 3.63) is 66.9 Å². The first kappa shape index (κ1) is 26.0. The van der Waals surface area contributed by atoms with Gasteiger partial charge in [-0.3, -0.25) is 4.79 Å². The second-order valence-electron chi connectivity index (χ2n) is 10.9. The largest absolute Gasteiger partial charge is 0.497 e. The summed E-state index contributed by atoms with van der Waals surface area (Å²) in [5.41, 5.74) is -1.18. The van der Waals surface area contributed by atoms with Crippen LogP contribution in [0.4, 0.5) is 0 Å². The second-order valence-corrected chi connectivity index (χ2v) is 17.2. The highest BCUT2D eigenvalue weighted by atomic mass is 32.2. The SMILES string of the molecule is COc1ccc(O/C=C/[C@@]23O[C@@H](C[C@H]2O[Si](C)(C)C(C)(C)C)[C@](C)(Sc2ccccc2)C3=O)cc1. The van der Waals surface area contributed by atoms with Crippen LogP contribution in [0.1, 0.15) is 34.1 Å². The van der Waals surface area contributed by atoms with Crippen molar-refractivity contribution in [3.63, 3.8) is 0 Å². The van der Waals surface area contributed by atoms with E-state index in [9.17, 15) is 4.79 Å². The molecule has 7 heteroatoms. The smallest absolute Gasteiger partial charge is 0.192 e. The zero-order chi connectivity index (χ0) is 25.5. The predicted octanol–water partition coefficient (Wildman–Crippen LogP) is 6.64. The van der Waals surface area contributed by atoms with Crippen LogP contribution in [-0.4, -0.2) is 43.8 Å². The van der Waals surface area contributed by atoms with Gasteiger partial charge >= 0.3 is 0 Å². The first-order chi connectivity index (χ1) is 16.4. The number of ketones is 1. The number of fused-ring (bicyclic) bond motifs is 2. The first-order valence-corrected chi connectivity index (χ1v) is 15.8. The predicted molar refractivity (Wildman–Crippen MR) is 143 cm³/mol. The molecule has 0 amide bonds. The van der Waals surface area contributed by atoms with E-state index in [-0.39, 0.29) is 23.0 Å². The van der Waals surface area contributed by atoms with Gasteiger partial charge in [-0.15, -0.1) is 11.8 Å². The summed E-state index contributed by atoms with van der Waals surface area (Å²) in [5, 5.41) is 0.0183. The third kappa shape index (κ3) is 4.84. The van der Waals surface area contributed by atoms with E-state index in [4.69, 9.17) is 18.6 Å². The van der Waals surface area contributed by atoms with Crippen molar-refractivity contribution in [2.45, 2.75) is 79.7 Å². The van der Waals surface area contributed by atoms with Gasteiger partial charge in [-0.1, -0.05) is 39.0 Å². The minimum absolute atomic E-state index is 0.0183. The molecule has 0 radical (unpaired) electrons. The van der Waals surface area contributed by atoms with Crippen molar-refractivity contribution in [2.24, 2.45) is 0 Å². The Morgan fingerprint density at radius 3 is 2.29 bits per heavy atom. The van der Waals surface area contributed by atoms with Crippen LogP contribution >= 0.6 is 11.8 Å². The minimum atomic E-state index is -2.15. The Hall–Kier alpha value is -2.06. The van der Waals surface area contributed by atoms with E-state index in [0.29, 0.717) is 12.2 Å². The fourth-order valence-electron chi connectivity index (χ4n) is 4.40. The topological polar surface area (TPSA) is 54.0 Å². The summed E-state index contributed by atoms with van der Waals surface area (Å²) in [6, 6.07) is 17.4. The van der Waals surface area contributed by atoms with E-state index >= 15 is 0 Å². The van der Waals surface area contributed by atoms with Gasteiger partial charge < -0.3 is 18.6 Å². The van der Waals surface area contributed by atoms with Gasteiger partial charge in [0.25, 0.3) is 0 Å². The summed E-state index contributed by atoms with van der Waals surface area (Å²) in [5.74, 6) is 1.44. The van der Waals surface area contributed by atoms with E-state index in [2.05, 4.69) is 33.9 Å². The Morgan fingerprint density at radius 1 is 1.06 bits per heavy atom. The molecule has 2 bridgehead atoms. The van der Waals surface area contributed by atoms with Crippen LogP contribution in [0, 0.1) is 0 Å². The van der Waals surface area contributed by atoms with E-state index in [1.54, 1.807) is 31.2 Å². The van der Waals surface area contributed by atoms with E-state index in [1.165, 1.54) is 0 Å². The number of hydrogen-bond donors (Lipinski definition) is 0. The zero-order valence-electron chi connectivity index (χ0n) is 21.7. The third-order valence-electron chi connectivity index (χ3n) is 7.56. The standard InChI is InChI=1S/C28H36O5SSi/c1-26(2,3)35(6,7)33-24-19-23-27(4,34-22-11-9-8-10-12-22)25(29)28(24,32-23)17-18-31-21-15-13-20(30-5)14-16-21/h8-18,23-24H,19H2,1-7H3/b18-17+/t23-,24+,27-,28+/m0/s1. The molecule has 2 aromatic rings. The lowest BCUT2D eigenvalue weighted by Gasteiger charge is -2.43. The van der Waals surface area contributed by atoms with Gasteiger partial charge in [0.2, 0.25) is 0 Å². The molecule has 4 rings (SSSR count). The van der Waals surface area contributed by atoms with Gasteiger partial charge in [0.15, 0.2) is 19.7 Å². The Labute approximate surface area is 214 Å². The maximum absolute atomic E-state index is 14.2. The van der Waals surface area contributed by atoms with Crippen molar-refractivity contribution in [3.8, 4) is 11.5 Å². The molecule has 188 valence electrons. The van der Waals surface area contributed by atoms with E-state index in [0.717, 1.165) is 10.6 Å². The highest BCUT2D eigenvalue weighted by molar-refractivity contribution is 8.01. The lowest BCUT2D eigenvalue weighted by molar-refractivity contribution is -0.132. The molecule has 0 aliphatic carbocycles. The molecule has 2 fully saturated rings. The van der Waals surface area contributed by atoms with Crippen molar-refractivity contribution < 1.29 is 23.4 Å². The lowest BCUT2D eigenvalue weighted by Crippen LogP contribution is -2.58. The number of carbonyl (C=O) groups is 1. The summed E-state index contributed by atoms with van der Waals surface area (Å²) in [7, 11) is -0.519. The summed E-state index contributed by atoms with van der Waals surface area (Å²) in [6.45, 7) is 13.1. The maximum Gasteiger partial charge on any atom is 0.192 e. The summed E-state index contributed by atoms with van der Waals surface area (Å²) < 4.78 is 23.7. The summed E-state index contributed by atoms with van der Waals surface area (Å²) in [4.78, 5) is 15.2. The lowest BCUT2D eigenvalue weighted by atomic mass is 9.78. The molecule has 2 aliphatic rings. The molecule has 2 saturated heterocycles. The Morgan fingerprint density at radius 2 is 1.69 bits per heavy atom. The van der Waals surface area contributed by atoms with Gasteiger partial charge in [0, 0.05) is 11.3 Å².